The van der Waals surface area contributed by atoms with Crippen LogP contribution in [0.5, 0.6) is 0 Å². The minimum Gasteiger partial charge on any atom is -0.333 e. The molecule has 1 heterocycles. The van der Waals surface area contributed by atoms with Crippen LogP contribution in [0.3, 0.4) is 0 Å². The summed E-state index contributed by atoms with van der Waals surface area (Å²) in [5.74, 6) is 2.41. The third-order valence-electron chi connectivity index (χ3n) is 7.64. The molecule has 1 unspecified atom stereocenters. The highest BCUT2D eigenvalue weighted by molar-refractivity contribution is 6.35. The van der Waals surface area contributed by atoms with Gasteiger partial charge in [-0.25, -0.2) is 14.6 Å². The van der Waals surface area contributed by atoms with Crippen LogP contribution in [0.1, 0.15) is 23.1 Å². The average Bonchev–Trinajstić information content (AvgIpc) is 3.13. The quantitative estimate of drug-likeness (QED) is 0.175. The van der Waals surface area contributed by atoms with Crippen LogP contribution in [-0.4, -0.2) is 77.1 Å². The van der Waals surface area contributed by atoms with E-state index < -0.39 is 42.0 Å². The zero-order valence-electron chi connectivity index (χ0n) is 24.4. The average molecular weight is 661 g/mol. The van der Waals surface area contributed by atoms with Gasteiger partial charge in [0.15, 0.2) is 0 Å². The normalized spacial score (nSPS) is 15.2. The second kappa shape index (κ2) is 15.8. The van der Waals surface area contributed by atoms with E-state index in [4.69, 9.17) is 29.0 Å². The number of halogens is 4. The molecule has 45 heavy (non-hydrogen) atoms. The van der Waals surface area contributed by atoms with Crippen molar-refractivity contribution >= 4 is 46.8 Å². The number of hydrogen-bond donors (Lipinski definition) is 2. The minimum atomic E-state index is -1.22. The van der Waals surface area contributed by atoms with Crippen LogP contribution in [0.15, 0.2) is 66.7 Å². The summed E-state index contributed by atoms with van der Waals surface area (Å²) >= 11 is 12.3. The summed E-state index contributed by atoms with van der Waals surface area (Å²) in [5.41, 5.74) is 4.21. The summed E-state index contributed by atoms with van der Waals surface area (Å²) in [6, 6.07) is 15.3. The number of hydrazine groups is 1. The SMILES string of the molecule is NNC(=O)CN(CCc1ccc(Cl)cc1Cl)C(=O)C1CC(=O)N(CCc2ccc(F)cc2)CC(=O)N1CCc1ccc(F)cc1. The van der Waals surface area contributed by atoms with Gasteiger partial charge in [0.05, 0.1) is 13.0 Å². The van der Waals surface area contributed by atoms with Crippen molar-refractivity contribution in [2.45, 2.75) is 31.7 Å². The van der Waals surface area contributed by atoms with E-state index in [1.165, 1.54) is 39.0 Å². The molecule has 3 N–H and O–H groups in total. The van der Waals surface area contributed by atoms with Crippen molar-refractivity contribution in [1.29, 1.82) is 0 Å². The van der Waals surface area contributed by atoms with E-state index in [0.29, 0.717) is 28.5 Å². The van der Waals surface area contributed by atoms with Crippen molar-refractivity contribution in [3.05, 3.63) is 105 Å². The maximum absolute atomic E-state index is 14.1. The number of nitrogens with zero attached hydrogens (tertiary/aromatic N) is 3. The van der Waals surface area contributed by atoms with Gasteiger partial charge in [-0.15, -0.1) is 0 Å². The number of carbonyl (C=O) groups excluding carboxylic acids is 4. The summed E-state index contributed by atoms with van der Waals surface area (Å²) in [7, 11) is 0. The van der Waals surface area contributed by atoms with E-state index in [1.54, 1.807) is 42.5 Å². The molecule has 4 amide bonds. The number of hydrogen-bond acceptors (Lipinski definition) is 5. The third-order valence-corrected chi connectivity index (χ3v) is 8.23. The van der Waals surface area contributed by atoms with Crippen LogP contribution in [0.2, 0.25) is 10.0 Å². The lowest BCUT2D eigenvalue weighted by Crippen LogP contribution is -2.54. The van der Waals surface area contributed by atoms with Crippen molar-refractivity contribution < 1.29 is 28.0 Å². The van der Waals surface area contributed by atoms with Crippen LogP contribution < -0.4 is 11.3 Å². The minimum absolute atomic E-state index is 0.0343. The Morgan fingerprint density at radius 2 is 1.47 bits per heavy atom. The van der Waals surface area contributed by atoms with Gasteiger partial charge in [-0.3, -0.25) is 24.6 Å². The molecule has 0 radical (unpaired) electrons. The Morgan fingerprint density at radius 1 is 0.867 bits per heavy atom. The number of benzene rings is 3. The largest absolute Gasteiger partial charge is 0.333 e. The highest BCUT2D eigenvalue weighted by Gasteiger charge is 2.39. The summed E-state index contributed by atoms with van der Waals surface area (Å²) in [4.78, 5) is 57.7. The Labute approximate surface area is 269 Å². The predicted octanol–water partition coefficient (Wildman–Crippen LogP) is 3.55. The van der Waals surface area contributed by atoms with E-state index in [1.807, 2.05) is 5.43 Å². The Hall–Kier alpha value is -4.06. The van der Waals surface area contributed by atoms with Gasteiger partial charge in [-0.2, -0.15) is 0 Å². The molecule has 4 rings (SSSR count). The Morgan fingerprint density at radius 3 is 2.04 bits per heavy atom. The molecule has 3 aromatic rings. The Balaban J connectivity index is 1.59. The second-order valence-corrected chi connectivity index (χ2v) is 11.5. The van der Waals surface area contributed by atoms with E-state index >= 15 is 0 Å². The van der Waals surface area contributed by atoms with Crippen molar-refractivity contribution in [1.82, 2.24) is 20.1 Å². The summed E-state index contributed by atoms with van der Waals surface area (Å²) < 4.78 is 26.9. The van der Waals surface area contributed by atoms with Gasteiger partial charge < -0.3 is 14.7 Å². The topological polar surface area (TPSA) is 116 Å². The summed E-state index contributed by atoms with van der Waals surface area (Å²) in [6.45, 7) is -0.403. The number of amides is 4. The molecule has 0 saturated carbocycles. The molecule has 0 bridgehead atoms. The molecule has 13 heteroatoms. The van der Waals surface area contributed by atoms with Crippen LogP contribution in [0.25, 0.3) is 0 Å². The molecule has 0 spiro atoms. The van der Waals surface area contributed by atoms with Gasteiger partial charge in [0.2, 0.25) is 17.7 Å². The van der Waals surface area contributed by atoms with Gasteiger partial charge in [-0.05, 0) is 72.4 Å². The van der Waals surface area contributed by atoms with Crippen molar-refractivity contribution in [3.8, 4) is 0 Å². The summed E-state index contributed by atoms with van der Waals surface area (Å²) in [6.07, 6.45) is 0.606. The lowest BCUT2D eigenvalue weighted by molar-refractivity contribution is -0.146. The molecule has 1 saturated heterocycles. The van der Waals surface area contributed by atoms with E-state index in [9.17, 15) is 28.0 Å². The maximum atomic E-state index is 14.1. The van der Waals surface area contributed by atoms with Gasteiger partial charge in [0.25, 0.3) is 5.91 Å². The first kappa shape index (κ1) is 33.8. The number of carbonyl (C=O) groups is 4. The van der Waals surface area contributed by atoms with Crippen LogP contribution in [0, 0.1) is 11.6 Å². The van der Waals surface area contributed by atoms with Crippen LogP contribution in [-0.2, 0) is 38.4 Å². The monoisotopic (exact) mass is 659 g/mol. The number of nitrogens with one attached hydrogen (secondary N) is 1. The number of nitrogens with two attached hydrogens (primary N) is 1. The van der Waals surface area contributed by atoms with E-state index in [2.05, 4.69) is 0 Å². The molecule has 1 atom stereocenters. The molecular formula is C32H33Cl2F2N5O4. The molecule has 0 aromatic heterocycles. The molecule has 1 aliphatic rings. The smallest absolute Gasteiger partial charge is 0.253 e. The second-order valence-electron chi connectivity index (χ2n) is 10.7. The van der Waals surface area contributed by atoms with Gasteiger partial charge in [0, 0.05) is 29.7 Å². The first-order valence-electron chi connectivity index (χ1n) is 14.3. The zero-order chi connectivity index (χ0) is 32.5. The Kier molecular flexibility index (Phi) is 11.9. The molecule has 3 aromatic carbocycles. The molecule has 1 fully saturated rings. The maximum Gasteiger partial charge on any atom is 0.253 e. The van der Waals surface area contributed by atoms with Crippen LogP contribution >= 0.6 is 23.2 Å². The first-order valence-corrected chi connectivity index (χ1v) is 15.1. The van der Waals surface area contributed by atoms with Gasteiger partial charge >= 0.3 is 0 Å². The fraction of sp³-hybridized carbons (Fsp3) is 0.312. The molecule has 238 valence electrons. The summed E-state index contributed by atoms with van der Waals surface area (Å²) in [5, 5.41) is 0.825. The first-order chi connectivity index (χ1) is 21.5. The highest BCUT2D eigenvalue weighted by atomic mass is 35.5. The fourth-order valence-corrected chi connectivity index (χ4v) is 5.62. The van der Waals surface area contributed by atoms with Crippen LogP contribution in [0.4, 0.5) is 8.78 Å². The lowest BCUT2D eigenvalue weighted by atomic mass is 10.1. The molecule has 9 nitrogen and oxygen atoms in total. The predicted molar refractivity (Wildman–Crippen MR) is 166 cm³/mol. The highest BCUT2D eigenvalue weighted by Crippen LogP contribution is 2.23. The molecule has 1 aliphatic heterocycles. The van der Waals surface area contributed by atoms with Gasteiger partial charge in [0.1, 0.15) is 24.2 Å². The van der Waals surface area contributed by atoms with Crippen molar-refractivity contribution in [2.75, 3.05) is 32.7 Å². The number of rotatable bonds is 12. The third kappa shape index (κ3) is 9.46. The zero-order valence-corrected chi connectivity index (χ0v) is 25.9. The van der Waals surface area contributed by atoms with E-state index in [0.717, 1.165) is 11.1 Å². The molecule has 0 aliphatic carbocycles. The lowest BCUT2D eigenvalue weighted by Gasteiger charge is -2.33. The van der Waals surface area contributed by atoms with Gasteiger partial charge in [-0.1, -0.05) is 53.5 Å². The molecular weight excluding hydrogens is 627 g/mol. The van der Waals surface area contributed by atoms with Crippen molar-refractivity contribution in [2.24, 2.45) is 5.84 Å². The van der Waals surface area contributed by atoms with E-state index in [-0.39, 0.29) is 44.8 Å². The Bertz CT molecular complexity index is 1520. The standard InChI is InChI=1S/C32H33Cl2F2N5O4/c33-24-6-5-23(27(34)17-24)13-15-40(19-29(42)38-37)32(45)28-18-30(43)39(14-11-21-1-7-25(35)8-2-21)20-31(44)41(28)16-12-22-3-9-26(36)10-4-22/h1-10,17,28H,11-16,18-20,37H2,(H,38,42). The van der Waals surface area contributed by atoms with Crippen molar-refractivity contribution in [3.63, 3.8) is 0 Å². The fourth-order valence-electron chi connectivity index (χ4n) is 5.12.